The van der Waals surface area contributed by atoms with Crippen LogP contribution in [0.1, 0.15) is 20.8 Å². The Morgan fingerprint density at radius 3 is 2.50 bits per heavy atom. The van der Waals surface area contributed by atoms with E-state index in [9.17, 15) is 4.39 Å². The van der Waals surface area contributed by atoms with E-state index >= 15 is 0 Å². The number of pyridine rings is 1. The molecule has 0 spiro atoms. The summed E-state index contributed by atoms with van der Waals surface area (Å²) in [5.74, 6) is -0.503. The van der Waals surface area contributed by atoms with Crippen molar-refractivity contribution in [2.24, 2.45) is 0 Å². The molecule has 22 heavy (non-hydrogen) atoms. The summed E-state index contributed by atoms with van der Waals surface area (Å²) in [6, 6.07) is 9.04. The second-order valence-electron chi connectivity index (χ2n) is 5.94. The van der Waals surface area contributed by atoms with Crippen LogP contribution in [0.15, 0.2) is 41.0 Å². The summed E-state index contributed by atoms with van der Waals surface area (Å²) in [7, 11) is 0. The third kappa shape index (κ3) is 2.97. The van der Waals surface area contributed by atoms with Crippen LogP contribution in [0.4, 0.5) is 4.39 Å². The average molecular weight is 364 g/mol. The summed E-state index contributed by atoms with van der Waals surface area (Å²) in [5, 5.41) is 4.92. The number of aromatic nitrogens is 3. The van der Waals surface area contributed by atoms with Crippen LogP contribution in [-0.4, -0.2) is 20.4 Å². The molecule has 0 fully saturated rings. The first-order chi connectivity index (χ1) is 10.3. The predicted octanol–water partition coefficient (Wildman–Crippen LogP) is 4.50. The van der Waals surface area contributed by atoms with Gasteiger partial charge in [0.15, 0.2) is 11.5 Å². The maximum Gasteiger partial charge on any atom is 0.253 e. The lowest BCUT2D eigenvalue weighted by atomic mass is 10.2. The minimum atomic E-state index is -0.524. The Kier molecular flexibility index (Phi) is 3.64. The molecule has 0 bridgehead atoms. The van der Waals surface area contributed by atoms with Gasteiger partial charge in [-0.3, -0.25) is 0 Å². The van der Waals surface area contributed by atoms with Crippen LogP contribution in [0.25, 0.3) is 16.7 Å². The van der Waals surface area contributed by atoms with Gasteiger partial charge in [-0.25, -0.2) is 9.07 Å². The zero-order valence-electron chi connectivity index (χ0n) is 12.5. The molecule has 2 aromatic heterocycles. The van der Waals surface area contributed by atoms with E-state index in [0.29, 0.717) is 11.0 Å². The summed E-state index contributed by atoms with van der Waals surface area (Å²) >= 11 is 3.40. The van der Waals surface area contributed by atoms with E-state index in [0.717, 1.165) is 10.2 Å². The Hall–Kier alpha value is -1.95. The van der Waals surface area contributed by atoms with Crippen LogP contribution in [0.5, 0.6) is 5.88 Å². The van der Waals surface area contributed by atoms with Crippen LogP contribution in [-0.2, 0) is 0 Å². The summed E-state index contributed by atoms with van der Waals surface area (Å²) in [6.45, 7) is 5.55. The first-order valence-electron chi connectivity index (χ1n) is 6.83. The molecule has 0 aliphatic rings. The molecule has 3 aromatic rings. The van der Waals surface area contributed by atoms with E-state index in [-0.39, 0.29) is 5.88 Å². The lowest BCUT2D eigenvalue weighted by Crippen LogP contribution is -2.24. The van der Waals surface area contributed by atoms with Gasteiger partial charge in [-0.1, -0.05) is 15.9 Å². The Bertz CT molecular complexity index is 822. The highest BCUT2D eigenvalue weighted by Crippen LogP contribution is 2.26. The molecule has 0 saturated heterocycles. The predicted molar refractivity (Wildman–Crippen MR) is 86.9 cm³/mol. The summed E-state index contributed by atoms with van der Waals surface area (Å²) in [5.41, 5.74) is 0.881. The number of hydrogen-bond donors (Lipinski definition) is 0. The maximum absolute atomic E-state index is 14.1. The maximum atomic E-state index is 14.1. The van der Waals surface area contributed by atoms with Crippen molar-refractivity contribution in [3.63, 3.8) is 0 Å². The fraction of sp³-hybridized carbons (Fsp3) is 0.250. The molecular formula is C16H15BrFN3O. The molecule has 0 aliphatic carbocycles. The Morgan fingerprint density at radius 1 is 1.18 bits per heavy atom. The fourth-order valence-electron chi connectivity index (χ4n) is 2.05. The van der Waals surface area contributed by atoms with Gasteiger partial charge in [0.2, 0.25) is 0 Å². The SMILES string of the molecule is CC(C)(C)Oc1nc2c(cnn2-c2ccc(Br)cc2)cc1F. The van der Waals surface area contributed by atoms with E-state index < -0.39 is 11.4 Å². The second kappa shape index (κ2) is 5.35. The molecule has 4 nitrogen and oxygen atoms in total. The zero-order chi connectivity index (χ0) is 15.9. The molecule has 6 heteroatoms. The molecule has 114 valence electrons. The molecule has 1 aromatic carbocycles. The van der Waals surface area contributed by atoms with Crippen LogP contribution >= 0.6 is 15.9 Å². The van der Waals surface area contributed by atoms with Crippen LogP contribution in [0, 0.1) is 5.82 Å². The molecule has 0 atom stereocenters. The molecule has 2 heterocycles. The van der Waals surface area contributed by atoms with Crippen LogP contribution in [0.2, 0.25) is 0 Å². The van der Waals surface area contributed by atoms with Gasteiger partial charge in [0.25, 0.3) is 5.88 Å². The van der Waals surface area contributed by atoms with E-state index in [1.165, 1.54) is 6.07 Å². The topological polar surface area (TPSA) is 39.9 Å². The van der Waals surface area contributed by atoms with Crippen LogP contribution < -0.4 is 4.74 Å². The molecule has 0 saturated carbocycles. The molecule has 0 N–H and O–H groups in total. The number of ether oxygens (including phenoxy) is 1. The number of halogens is 2. The molecule has 3 rings (SSSR count). The molecule has 0 amide bonds. The van der Waals surface area contributed by atoms with Gasteiger partial charge in [-0.2, -0.15) is 10.1 Å². The van der Waals surface area contributed by atoms with Crippen molar-refractivity contribution >= 4 is 27.0 Å². The second-order valence-corrected chi connectivity index (χ2v) is 6.85. The van der Waals surface area contributed by atoms with Gasteiger partial charge in [0.05, 0.1) is 11.9 Å². The van der Waals surface area contributed by atoms with E-state index in [2.05, 4.69) is 26.0 Å². The summed E-state index contributed by atoms with van der Waals surface area (Å²) < 4.78 is 22.3. The minimum Gasteiger partial charge on any atom is -0.470 e. The van der Waals surface area contributed by atoms with Gasteiger partial charge in [-0.05, 0) is 51.1 Å². The highest BCUT2D eigenvalue weighted by Gasteiger charge is 2.19. The largest absolute Gasteiger partial charge is 0.470 e. The van der Waals surface area contributed by atoms with Crippen molar-refractivity contribution in [1.29, 1.82) is 0 Å². The fourth-order valence-corrected chi connectivity index (χ4v) is 2.31. The number of rotatable bonds is 2. The lowest BCUT2D eigenvalue weighted by molar-refractivity contribution is 0.117. The van der Waals surface area contributed by atoms with Crippen molar-refractivity contribution < 1.29 is 9.13 Å². The van der Waals surface area contributed by atoms with Crippen molar-refractivity contribution in [2.75, 3.05) is 0 Å². The van der Waals surface area contributed by atoms with Crippen molar-refractivity contribution in [2.45, 2.75) is 26.4 Å². The van der Waals surface area contributed by atoms with E-state index in [1.807, 2.05) is 45.0 Å². The van der Waals surface area contributed by atoms with Crippen molar-refractivity contribution in [1.82, 2.24) is 14.8 Å². The smallest absolute Gasteiger partial charge is 0.253 e. The van der Waals surface area contributed by atoms with Gasteiger partial charge in [0.1, 0.15) is 5.60 Å². The Labute approximate surface area is 136 Å². The van der Waals surface area contributed by atoms with E-state index in [4.69, 9.17) is 4.74 Å². The monoisotopic (exact) mass is 363 g/mol. The highest BCUT2D eigenvalue weighted by atomic mass is 79.9. The standard InChI is InChI=1S/C16H15BrFN3O/c1-16(2,3)22-15-13(18)8-10-9-19-21(14(10)20-15)12-6-4-11(17)5-7-12/h4-9H,1-3H3. The first-order valence-corrected chi connectivity index (χ1v) is 7.62. The number of fused-ring (bicyclic) bond motifs is 1. The van der Waals surface area contributed by atoms with Gasteiger partial charge >= 0.3 is 0 Å². The molecule has 0 aliphatic heterocycles. The van der Waals surface area contributed by atoms with Gasteiger partial charge in [-0.15, -0.1) is 0 Å². The highest BCUT2D eigenvalue weighted by molar-refractivity contribution is 9.10. The van der Waals surface area contributed by atoms with Crippen molar-refractivity contribution in [3.05, 3.63) is 46.8 Å². The Balaban J connectivity index is 2.13. The first kappa shape index (κ1) is 15.0. The minimum absolute atomic E-state index is 0.0149. The number of benzene rings is 1. The number of nitrogens with zero attached hydrogens (tertiary/aromatic N) is 3. The molecule has 0 radical (unpaired) electrons. The quantitative estimate of drug-likeness (QED) is 0.672. The van der Waals surface area contributed by atoms with Crippen molar-refractivity contribution in [3.8, 4) is 11.6 Å². The van der Waals surface area contributed by atoms with E-state index in [1.54, 1.807) is 10.9 Å². The Morgan fingerprint density at radius 2 is 1.86 bits per heavy atom. The third-order valence-electron chi connectivity index (χ3n) is 2.94. The third-order valence-corrected chi connectivity index (χ3v) is 3.47. The summed E-state index contributed by atoms with van der Waals surface area (Å²) in [6.07, 6.45) is 1.59. The number of hydrogen-bond acceptors (Lipinski definition) is 3. The van der Waals surface area contributed by atoms with Gasteiger partial charge < -0.3 is 4.74 Å². The van der Waals surface area contributed by atoms with Crippen LogP contribution in [0.3, 0.4) is 0 Å². The van der Waals surface area contributed by atoms with Gasteiger partial charge in [0, 0.05) is 9.86 Å². The molecular weight excluding hydrogens is 349 g/mol. The zero-order valence-corrected chi connectivity index (χ0v) is 14.1. The average Bonchev–Trinajstić information content (AvgIpc) is 2.81. The lowest BCUT2D eigenvalue weighted by Gasteiger charge is -2.20. The molecule has 0 unspecified atom stereocenters. The summed E-state index contributed by atoms with van der Waals surface area (Å²) in [4.78, 5) is 4.31. The normalized spacial score (nSPS) is 11.9.